The minimum Gasteiger partial charge on any atom is -0.434 e. The van der Waals surface area contributed by atoms with Crippen molar-refractivity contribution in [1.29, 1.82) is 0 Å². The van der Waals surface area contributed by atoms with Gasteiger partial charge in [-0.2, -0.15) is 8.78 Å². The zero-order chi connectivity index (χ0) is 14.4. The highest BCUT2D eigenvalue weighted by Gasteiger charge is 2.08. The smallest absolute Gasteiger partial charge is 0.387 e. The van der Waals surface area contributed by atoms with Gasteiger partial charge in [0.05, 0.1) is 0 Å². The molecule has 0 radical (unpaired) electrons. The summed E-state index contributed by atoms with van der Waals surface area (Å²) in [5, 5.41) is 3.01. The summed E-state index contributed by atoms with van der Waals surface area (Å²) in [7, 11) is 0. The molecule has 20 heavy (non-hydrogen) atoms. The Labute approximate surface area is 115 Å². The van der Waals surface area contributed by atoms with E-state index in [2.05, 4.69) is 10.1 Å². The third kappa shape index (κ3) is 3.99. The second-order valence-corrected chi connectivity index (χ2v) is 4.18. The molecule has 0 amide bonds. The number of para-hydroxylation sites is 1. The minimum absolute atomic E-state index is 0.128. The Balaban J connectivity index is 1.96. The SMILES string of the molecule is Fc1ccccc1CNCc1ccccc1OC(F)F. The van der Waals surface area contributed by atoms with Gasteiger partial charge in [-0.05, 0) is 12.1 Å². The van der Waals surface area contributed by atoms with Crippen LogP contribution in [0.4, 0.5) is 13.2 Å². The lowest BCUT2D eigenvalue weighted by molar-refractivity contribution is -0.0505. The van der Waals surface area contributed by atoms with Crippen LogP contribution < -0.4 is 10.1 Å². The molecule has 0 unspecified atom stereocenters. The van der Waals surface area contributed by atoms with Gasteiger partial charge in [0.25, 0.3) is 0 Å². The predicted molar refractivity (Wildman–Crippen MR) is 70.0 cm³/mol. The molecule has 2 aromatic carbocycles. The van der Waals surface area contributed by atoms with Gasteiger partial charge in [-0.1, -0.05) is 36.4 Å². The molecule has 2 rings (SSSR count). The van der Waals surface area contributed by atoms with Gasteiger partial charge in [0.2, 0.25) is 0 Å². The van der Waals surface area contributed by atoms with Gasteiger partial charge in [0.15, 0.2) is 0 Å². The molecule has 5 heteroatoms. The van der Waals surface area contributed by atoms with E-state index in [0.29, 0.717) is 24.2 Å². The molecular formula is C15H14F3NO. The Morgan fingerprint density at radius 1 is 0.900 bits per heavy atom. The quantitative estimate of drug-likeness (QED) is 0.871. The maximum Gasteiger partial charge on any atom is 0.387 e. The fraction of sp³-hybridized carbons (Fsp3) is 0.200. The fourth-order valence-electron chi connectivity index (χ4n) is 1.83. The van der Waals surface area contributed by atoms with Crippen LogP contribution in [0, 0.1) is 5.82 Å². The van der Waals surface area contributed by atoms with Crippen LogP contribution >= 0.6 is 0 Å². The fourth-order valence-corrected chi connectivity index (χ4v) is 1.83. The lowest BCUT2D eigenvalue weighted by Crippen LogP contribution is -2.15. The maximum atomic E-state index is 13.4. The molecule has 2 aromatic rings. The topological polar surface area (TPSA) is 21.3 Å². The second kappa shape index (κ2) is 6.96. The van der Waals surface area contributed by atoms with Crippen molar-refractivity contribution in [3.05, 3.63) is 65.5 Å². The molecule has 106 valence electrons. The monoisotopic (exact) mass is 281 g/mol. The van der Waals surface area contributed by atoms with Crippen LogP contribution in [0.25, 0.3) is 0 Å². The van der Waals surface area contributed by atoms with Crippen molar-refractivity contribution >= 4 is 0 Å². The molecule has 0 spiro atoms. The highest BCUT2D eigenvalue weighted by molar-refractivity contribution is 5.33. The third-order valence-electron chi connectivity index (χ3n) is 2.78. The summed E-state index contributed by atoms with van der Waals surface area (Å²) in [6.45, 7) is -2.23. The lowest BCUT2D eigenvalue weighted by Gasteiger charge is -2.11. The van der Waals surface area contributed by atoms with E-state index in [-0.39, 0.29) is 11.6 Å². The molecule has 0 aromatic heterocycles. The van der Waals surface area contributed by atoms with Gasteiger partial charge >= 0.3 is 6.61 Å². The Morgan fingerprint density at radius 3 is 2.20 bits per heavy atom. The number of alkyl halides is 2. The standard InChI is InChI=1S/C15H14F3NO/c16-13-7-3-1-5-11(13)9-19-10-12-6-2-4-8-14(12)20-15(17)18/h1-8,15,19H,9-10H2. The van der Waals surface area contributed by atoms with E-state index < -0.39 is 6.61 Å². The van der Waals surface area contributed by atoms with E-state index in [1.165, 1.54) is 12.1 Å². The molecule has 0 atom stereocenters. The lowest BCUT2D eigenvalue weighted by atomic mass is 10.2. The minimum atomic E-state index is -2.86. The molecule has 0 saturated carbocycles. The first-order valence-corrected chi connectivity index (χ1v) is 6.13. The van der Waals surface area contributed by atoms with Gasteiger partial charge in [0.1, 0.15) is 11.6 Å². The zero-order valence-corrected chi connectivity index (χ0v) is 10.7. The molecule has 0 fully saturated rings. The van der Waals surface area contributed by atoms with Crippen molar-refractivity contribution in [2.24, 2.45) is 0 Å². The van der Waals surface area contributed by atoms with Crippen LogP contribution in [-0.4, -0.2) is 6.61 Å². The Hall–Kier alpha value is -2.01. The maximum absolute atomic E-state index is 13.4. The summed E-state index contributed by atoms with van der Waals surface area (Å²) in [5.41, 5.74) is 1.13. The van der Waals surface area contributed by atoms with Crippen molar-refractivity contribution in [2.75, 3.05) is 0 Å². The summed E-state index contributed by atoms with van der Waals surface area (Å²) < 4.78 is 42.3. The summed E-state index contributed by atoms with van der Waals surface area (Å²) in [6.07, 6.45) is 0. The largest absolute Gasteiger partial charge is 0.434 e. The number of halogens is 3. The van der Waals surface area contributed by atoms with Gasteiger partial charge in [-0.15, -0.1) is 0 Å². The summed E-state index contributed by atoms with van der Waals surface area (Å²) in [4.78, 5) is 0. The van der Waals surface area contributed by atoms with E-state index in [1.54, 1.807) is 36.4 Å². The molecular weight excluding hydrogens is 267 g/mol. The van der Waals surface area contributed by atoms with Crippen molar-refractivity contribution < 1.29 is 17.9 Å². The predicted octanol–water partition coefficient (Wildman–Crippen LogP) is 3.72. The number of hydrogen-bond acceptors (Lipinski definition) is 2. The summed E-state index contributed by atoms with van der Waals surface area (Å²) in [6, 6.07) is 12.9. The van der Waals surface area contributed by atoms with E-state index in [4.69, 9.17) is 0 Å². The first-order valence-electron chi connectivity index (χ1n) is 6.13. The molecule has 2 nitrogen and oxygen atoms in total. The highest BCUT2D eigenvalue weighted by Crippen LogP contribution is 2.20. The van der Waals surface area contributed by atoms with Crippen molar-refractivity contribution in [2.45, 2.75) is 19.7 Å². The van der Waals surface area contributed by atoms with Crippen molar-refractivity contribution in [3.8, 4) is 5.75 Å². The molecule has 0 bridgehead atoms. The van der Waals surface area contributed by atoms with E-state index in [9.17, 15) is 13.2 Å². The highest BCUT2D eigenvalue weighted by atomic mass is 19.3. The van der Waals surface area contributed by atoms with Gasteiger partial charge in [-0.25, -0.2) is 4.39 Å². The first-order chi connectivity index (χ1) is 9.66. The molecule has 0 aliphatic heterocycles. The Morgan fingerprint density at radius 2 is 1.50 bits per heavy atom. The van der Waals surface area contributed by atoms with E-state index in [0.717, 1.165) is 0 Å². The van der Waals surface area contributed by atoms with Gasteiger partial charge in [0, 0.05) is 24.2 Å². The number of nitrogens with one attached hydrogen (secondary N) is 1. The molecule has 0 aliphatic carbocycles. The number of rotatable bonds is 6. The Kier molecular flexibility index (Phi) is 5.01. The van der Waals surface area contributed by atoms with Crippen LogP contribution in [-0.2, 0) is 13.1 Å². The van der Waals surface area contributed by atoms with Gasteiger partial charge < -0.3 is 10.1 Å². The van der Waals surface area contributed by atoms with Crippen LogP contribution in [0.1, 0.15) is 11.1 Å². The third-order valence-corrected chi connectivity index (χ3v) is 2.78. The molecule has 0 heterocycles. The van der Waals surface area contributed by atoms with Crippen LogP contribution in [0.5, 0.6) is 5.75 Å². The Bertz CT molecular complexity index is 560. The summed E-state index contributed by atoms with van der Waals surface area (Å²) >= 11 is 0. The van der Waals surface area contributed by atoms with Crippen LogP contribution in [0.15, 0.2) is 48.5 Å². The van der Waals surface area contributed by atoms with Crippen LogP contribution in [0.3, 0.4) is 0 Å². The zero-order valence-electron chi connectivity index (χ0n) is 10.7. The normalized spacial score (nSPS) is 10.8. The van der Waals surface area contributed by atoms with E-state index >= 15 is 0 Å². The first kappa shape index (κ1) is 14.4. The van der Waals surface area contributed by atoms with Crippen LogP contribution in [0.2, 0.25) is 0 Å². The molecule has 0 aliphatic rings. The van der Waals surface area contributed by atoms with Crippen molar-refractivity contribution in [3.63, 3.8) is 0 Å². The molecule has 0 saturated heterocycles. The number of hydrogen-bond donors (Lipinski definition) is 1. The molecule has 1 N–H and O–H groups in total. The second-order valence-electron chi connectivity index (χ2n) is 4.18. The average Bonchev–Trinajstić information content (AvgIpc) is 2.42. The number of benzene rings is 2. The van der Waals surface area contributed by atoms with Gasteiger partial charge in [-0.3, -0.25) is 0 Å². The average molecular weight is 281 g/mol. The number of ether oxygens (including phenoxy) is 1. The van der Waals surface area contributed by atoms with Crippen molar-refractivity contribution in [1.82, 2.24) is 5.32 Å². The van der Waals surface area contributed by atoms with E-state index in [1.807, 2.05) is 0 Å². The summed E-state index contributed by atoms with van der Waals surface area (Å²) in [5.74, 6) is -0.166.